The SMILES string of the molecule is C=CC(CCCCCCCC)OCC(=C)C(=O)OC. The number of carbonyl (C=O) groups is 1. The lowest BCUT2D eigenvalue weighted by atomic mass is 10.1. The number of rotatable bonds is 12. The van der Waals surface area contributed by atoms with Gasteiger partial charge in [0.1, 0.15) is 0 Å². The molecule has 0 amide bonds. The normalized spacial score (nSPS) is 11.9. The Kier molecular flexibility index (Phi) is 11.3. The van der Waals surface area contributed by atoms with Crippen LogP contribution in [0.3, 0.4) is 0 Å². The van der Waals surface area contributed by atoms with Gasteiger partial charge >= 0.3 is 5.97 Å². The first-order valence-corrected chi connectivity index (χ1v) is 7.15. The Bertz CT molecular complexity index is 271. The van der Waals surface area contributed by atoms with Gasteiger partial charge in [0, 0.05) is 0 Å². The predicted molar refractivity (Wildman–Crippen MR) is 79.1 cm³/mol. The van der Waals surface area contributed by atoms with Crippen LogP contribution in [0.25, 0.3) is 0 Å². The molecule has 0 aliphatic heterocycles. The van der Waals surface area contributed by atoms with Crippen LogP contribution in [0.1, 0.15) is 51.9 Å². The second-order valence-corrected chi connectivity index (χ2v) is 4.74. The van der Waals surface area contributed by atoms with Crippen molar-refractivity contribution in [2.45, 2.75) is 58.0 Å². The molecule has 0 heterocycles. The van der Waals surface area contributed by atoms with Crippen molar-refractivity contribution in [1.82, 2.24) is 0 Å². The highest BCUT2D eigenvalue weighted by molar-refractivity contribution is 5.87. The third kappa shape index (κ3) is 9.48. The van der Waals surface area contributed by atoms with Gasteiger partial charge in [0.15, 0.2) is 0 Å². The van der Waals surface area contributed by atoms with Gasteiger partial charge in [0.2, 0.25) is 0 Å². The van der Waals surface area contributed by atoms with Gasteiger partial charge < -0.3 is 9.47 Å². The molecule has 0 N–H and O–H groups in total. The summed E-state index contributed by atoms with van der Waals surface area (Å²) in [5.41, 5.74) is 0.345. The topological polar surface area (TPSA) is 35.5 Å². The van der Waals surface area contributed by atoms with E-state index in [0.717, 1.165) is 12.8 Å². The molecule has 0 spiro atoms. The Morgan fingerprint density at radius 3 is 2.42 bits per heavy atom. The van der Waals surface area contributed by atoms with E-state index in [4.69, 9.17) is 4.74 Å². The summed E-state index contributed by atoms with van der Waals surface area (Å²) in [7, 11) is 1.34. The maximum atomic E-state index is 11.1. The second kappa shape index (κ2) is 12.0. The van der Waals surface area contributed by atoms with Crippen LogP contribution in [-0.2, 0) is 14.3 Å². The average molecular weight is 268 g/mol. The van der Waals surface area contributed by atoms with Gasteiger partial charge in [-0.25, -0.2) is 4.79 Å². The summed E-state index contributed by atoms with van der Waals surface area (Å²) in [5.74, 6) is -0.414. The van der Waals surface area contributed by atoms with Crippen LogP contribution >= 0.6 is 0 Å². The molecule has 1 atom stereocenters. The van der Waals surface area contributed by atoms with Gasteiger partial charge in [-0.2, -0.15) is 0 Å². The largest absolute Gasteiger partial charge is 0.466 e. The van der Waals surface area contributed by atoms with Gasteiger partial charge in [-0.05, 0) is 6.42 Å². The van der Waals surface area contributed by atoms with Crippen LogP contribution < -0.4 is 0 Å². The lowest BCUT2D eigenvalue weighted by molar-refractivity contribution is -0.136. The molecule has 0 aromatic carbocycles. The third-order valence-corrected chi connectivity index (χ3v) is 3.05. The van der Waals surface area contributed by atoms with Crippen molar-refractivity contribution in [2.24, 2.45) is 0 Å². The number of hydrogen-bond donors (Lipinski definition) is 0. The Balaban J connectivity index is 3.69. The average Bonchev–Trinajstić information content (AvgIpc) is 2.44. The van der Waals surface area contributed by atoms with E-state index < -0.39 is 5.97 Å². The first kappa shape index (κ1) is 17.9. The zero-order valence-corrected chi connectivity index (χ0v) is 12.5. The summed E-state index contributed by atoms with van der Waals surface area (Å²) in [6.07, 6.45) is 10.3. The lowest BCUT2D eigenvalue weighted by Crippen LogP contribution is -2.16. The Morgan fingerprint density at radius 1 is 1.21 bits per heavy atom. The van der Waals surface area contributed by atoms with Gasteiger partial charge in [-0.3, -0.25) is 0 Å². The summed E-state index contributed by atoms with van der Waals surface area (Å²) >= 11 is 0. The van der Waals surface area contributed by atoms with E-state index in [2.05, 4.69) is 24.8 Å². The zero-order chi connectivity index (χ0) is 14.5. The minimum atomic E-state index is -0.414. The highest BCUT2D eigenvalue weighted by Crippen LogP contribution is 2.12. The second-order valence-electron chi connectivity index (χ2n) is 4.74. The predicted octanol–water partition coefficient (Wildman–Crippen LogP) is 4.04. The Labute approximate surface area is 117 Å². The number of carbonyl (C=O) groups excluding carboxylic acids is 1. The molecular weight excluding hydrogens is 240 g/mol. The van der Waals surface area contributed by atoms with Crippen molar-refractivity contribution in [3.8, 4) is 0 Å². The number of ether oxygens (including phenoxy) is 2. The molecule has 0 fully saturated rings. The molecule has 110 valence electrons. The number of unbranched alkanes of at least 4 members (excludes halogenated alkanes) is 5. The van der Waals surface area contributed by atoms with Crippen LogP contribution in [-0.4, -0.2) is 25.8 Å². The molecule has 0 rings (SSSR count). The minimum absolute atomic E-state index is 0.00687. The smallest absolute Gasteiger partial charge is 0.335 e. The molecule has 0 aromatic rings. The summed E-state index contributed by atoms with van der Waals surface area (Å²) < 4.78 is 10.2. The monoisotopic (exact) mass is 268 g/mol. The zero-order valence-electron chi connectivity index (χ0n) is 12.5. The van der Waals surface area contributed by atoms with Crippen molar-refractivity contribution in [2.75, 3.05) is 13.7 Å². The van der Waals surface area contributed by atoms with E-state index in [1.165, 1.54) is 39.2 Å². The first-order chi connectivity index (χ1) is 9.15. The fourth-order valence-corrected chi connectivity index (χ4v) is 1.81. The molecule has 0 radical (unpaired) electrons. The van der Waals surface area contributed by atoms with Gasteiger partial charge in [0.05, 0.1) is 25.4 Å². The van der Waals surface area contributed by atoms with E-state index in [1.54, 1.807) is 6.08 Å². The molecular formula is C16H28O3. The van der Waals surface area contributed by atoms with Gasteiger partial charge in [0.25, 0.3) is 0 Å². The fraction of sp³-hybridized carbons (Fsp3) is 0.688. The maximum Gasteiger partial charge on any atom is 0.335 e. The highest BCUT2D eigenvalue weighted by Gasteiger charge is 2.10. The van der Waals surface area contributed by atoms with E-state index in [-0.39, 0.29) is 12.7 Å². The third-order valence-electron chi connectivity index (χ3n) is 3.05. The number of methoxy groups -OCH3 is 1. The standard InChI is InChI=1S/C16H28O3/c1-5-7-8-9-10-11-12-15(6-2)19-13-14(3)16(17)18-4/h6,15H,2-3,5,7-13H2,1,4H3. The Hall–Kier alpha value is -1.09. The number of hydrogen-bond acceptors (Lipinski definition) is 3. The van der Waals surface area contributed by atoms with Crippen molar-refractivity contribution in [3.63, 3.8) is 0 Å². The van der Waals surface area contributed by atoms with Crippen LogP contribution in [0.15, 0.2) is 24.8 Å². The van der Waals surface area contributed by atoms with Crippen molar-refractivity contribution in [1.29, 1.82) is 0 Å². The highest BCUT2D eigenvalue weighted by atomic mass is 16.5. The van der Waals surface area contributed by atoms with E-state index in [0.29, 0.717) is 5.57 Å². The summed E-state index contributed by atoms with van der Waals surface area (Å²) in [5, 5.41) is 0. The molecule has 0 saturated carbocycles. The molecule has 0 aliphatic rings. The van der Waals surface area contributed by atoms with Crippen LogP contribution in [0.4, 0.5) is 0 Å². The fourth-order valence-electron chi connectivity index (χ4n) is 1.81. The quantitative estimate of drug-likeness (QED) is 0.232. The Morgan fingerprint density at radius 2 is 1.84 bits per heavy atom. The molecule has 0 bridgehead atoms. The van der Waals surface area contributed by atoms with E-state index >= 15 is 0 Å². The maximum absolute atomic E-state index is 11.1. The molecule has 1 unspecified atom stereocenters. The van der Waals surface area contributed by atoms with Crippen LogP contribution in [0, 0.1) is 0 Å². The van der Waals surface area contributed by atoms with Crippen LogP contribution in [0.5, 0.6) is 0 Å². The lowest BCUT2D eigenvalue weighted by Gasteiger charge is -2.14. The molecule has 19 heavy (non-hydrogen) atoms. The molecule has 3 nitrogen and oxygen atoms in total. The van der Waals surface area contributed by atoms with Gasteiger partial charge in [-0.1, -0.05) is 58.1 Å². The van der Waals surface area contributed by atoms with E-state index in [9.17, 15) is 4.79 Å². The van der Waals surface area contributed by atoms with Crippen molar-refractivity contribution in [3.05, 3.63) is 24.8 Å². The first-order valence-electron chi connectivity index (χ1n) is 7.15. The summed E-state index contributed by atoms with van der Waals surface area (Å²) in [6.45, 7) is 9.82. The number of esters is 1. The molecule has 3 heteroatoms. The molecule has 0 aliphatic carbocycles. The molecule has 0 aromatic heterocycles. The summed E-state index contributed by atoms with van der Waals surface area (Å²) in [6, 6.07) is 0. The summed E-state index contributed by atoms with van der Waals surface area (Å²) in [4.78, 5) is 11.1. The van der Waals surface area contributed by atoms with E-state index in [1.807, 2.05) is 0 Å². The van der Waals surface area contributed by atoms with Crippen molar-refractivity contribution >= 4 is 5.97 Å². The molecule has 0 saturated heterocycles. The van der Waals surface area contributed by atoms with Gasteiger partial charge in [-0.15, -0.1) is 6.58 Å². The van der Waals surface area contributed by atoms with Crippen molar-refractivity contribution < 1.29 is 14.3 Å². The minimum Gasteiger partial charge on any atom is -0.466 e. The van der Waals surface area contributed by atoms with Crippen LogP contribution in [0.2, 0.25) is 0 Å².